The first-order valence-corrected chi connectivity index (χ1v) is 10.0. The lowest BCUT2D eigenvalue weighted by Crippen LogP contribution is -2.40. The van der Waals surface area contributed by atoms with Crippen molar-refractivity contribution in [3.8, 4) is 16.9 Å². The Bertz CT molecular complexity index is 1250. The Balaban J connectivity index is 1.51. The number of nitrogens with zero attached hydrogens (tertiary/aromatic N) is 3. The Labute approximate surface area is 185 Å². The molecule has 2 aromatic heterocycles. The molecule has 0 unspecified atom stereocenters. The normalized spacial score (nSPS) is 10.8. The maximum Gasteiger partial charge on any atom is 0.269 e. The smallest absolute Gasteiger partial charge is 0.268 e. The fourth-order valence-electron chi connectivity index (χ4n) is 3.05. The van der Waals surface area contributed by atoms with Gasteiger partial charge in [0, 0.05) is 41.4 Å². The predicted molar refractivity (Wildman–Crippen MR) is 123 cm³/mol. The first-order chi connectivity index (χ1) is 15.6. The molecule has 0 radical (unpaired) electrons. The van der Waals surface area contributed by atoms with Crippen LogP contribution in [0.2, 0.25) is 0 Å². The predicted octanol–water partition coefficient (Wildman–Crippen LogP) is 3.72. The molecule has 2 amide bonds. The first kappa shape index (κ1) is 20.7. The van der Waals surface area contributed by atoms with Crippen LogP contribution < -0.4 is 10.9 Å². The van der Waals surface area contributed by atoms with Gasteiger partial charge in [0.2, 0.25) is 0 Å². The summed E-state index contributed by atoms with van der Waals surface area (Å²) in [7, 11) is 0. The molecule has 2 heterocycles. The Morgan fingerprint density at radius 3 is 2.44 bits per heavy atom. The number of benzene rings is 2. The van der Waals surface area contributed by atoms with E-state index in [9.17, 15) is 9.59 Å². The molecule has 0 bridgehead atoms. The number of hydrazine groups is 1. The van der Waals surface area contributed by atoms with Crippen LogP contribution in [0.3, 0.4) is 0 Å². The van der Waals surface area contributed by atoms with Crippen molar-refractivity contribution in [2.24, 2.45) is 0 Å². The van der Waals surface area contributed by atoms with E-state index in [2.05, 4.69) is 20.9 Å². The van der Waals surface area contributed by atoms with E-state index in [0.717, 1.165) is 22.4 Å². The molecule has 0 aliphatic rings. The lowest BCUT2D eigenvalue weighted by Gasteiger charge is -2.05. The van der Waals surface area contributed by atoms with Crippen molar-refractivity contribution in [2.45, 2.75) is 6.92 Å². The summed E-state index contributed by atoms with van der Waals surface area (Å²) < 4.78 is 1.75. The fraction of sp³-hybridized carbons (Fsp3) is 0.0400. The summed E-state index contributed by atoms with van der Waals surface area (Å²) in [5, 5.41) is 4.67. The molecule has 2 N–H and O–H groups in total. The second-order valence-electron chi connectivity index (χ2n) is 7.10. The average molecular weight is 423 g/mol. The van der Waals surface area contributed by atoms with E-state index in [1.807, 2.05) is 67.7 Å². The van der Waals surface area contributed by atoms with Gasteiger partial charge in [0.05, 0.1) is 5.69 Å². The summed E-state index contributed by atoms with van der Waals surface area (Å²) in [5.74, 6) is -0.852. The highest BCUT2D eigenvalue weighted by molar-refractivity contribution is 5.98. The van der Waals surface area contributed by atoms with E-state index in [4.69, 9.17) is 0 Å². The molecule has 0 saturated carbocycles. The van der Waals surface area contributed by atoms with Crippen LogP contribution in [0, 0.1) is 6.92 Å². The maximum absolute atomic E-state index is 12.3. The van der Waals surface area contributed by atoms with Gasteiger partial charge in [-0.25, -0.2) is 4.68 Å². The largest absolute Gasteiger partial charge is 0.269 e. The zero-order valence-electron chi connectivity index (χ0n) is 17.4. The standard InChI is InChI=1S/C25H21N5O2/c1-18-9-11-19(12-10-18)25(32)28-27-23(31)14-13-21-17-30(22-7-3-2-4-8-22)29-24(21)20-6-5-15-26-16-20/h2-17H,1H3,(H,27,31)(H,28,32)/b14-13+. The topological polar surface area (TPSA) is 88.9 Å². The molecular formula is C25H21N5O2. The third kappa shape index (κ3) is 4.96. The summed E-state index contributed by atoms with van der Waals surface area (Å²) in [4.78, 5) is 28.6. The highest BCUT2D eigenvalue weighted by atomic mass is 16.2. The van der Waals surface area contributed by atoms with Crippen molar-refractivity contribution in [2.75, 3.05) is 0 Å². The SMILES string of the molecule is Cc1ccc(C(=O)NNC(=O)/C=C/c2cn(-c3ccccc3)nc2-c2cccnc2)cc1. The number of nitrogens with one attached hydrogen (secondary N) is 2. The number of rotatable bonds is 5. The number of hydrogen-bond acceptors (Lipinski definition) is 4. The average Bonchev–Trinajstić information content (AvgIpc) is 3.27. The molecule has 0 aliphatic heterocycles. The fourth-order valence-corrected chi connectivity index (χ4v) is 3.05. The van der Waals surface area contributed by atoms with E-state index in [0.29, 0.717) is 11.3 Å². The lowest BCUT2D eigenvalue weighted by atomic mass is 10.1. The Kier molecular flexibility index (Phi) is 6.17. The maximum atomic E-state index is 12.3. The minimum Gasteiger partial charge on any atom is -0.268 e. The number of aromatic nitrogens is 3. The van der Waals surface area contributed by atoms with Crippen LogP contribution >= 0.6 is 0 Å². The molecule has 4 aromatic rings. The van der Waals surface area contributed by atoms with Crippen molar-refractivity contribution < 1.29 is 9.59 Å². The van der Waals surface area contributed by atoms with E-state index in [1.54, 1.807) is 35.3 Å². The van der Waals surface area contributed by atoms with Crippen LogP contribution in [0.1, 0.15) is 21.5 Å². The molecule has 7 nitrogen and oxygen atoms in total. The van der Waals surface area contributed by atoms with Crippen molar-refractivity contribution in [1.29, 1.82) is 0 Å². The Morgan fingerprint density at radius 1 is 0.938 bits per heavy atom. The van der Waals surface area contributed by atoms with Gasteiger partial charge in [-0.2, -0.15) is 5.10 Å². The van der Waals surface area contributed by atoms with Crippen LogP contribution in [0.5, 0.6) is 0 Å². The van der Waals surface area contributed by atoms with Gasteiger partial charge >= 0.3 is 0 Å². The zero-order chi connectivity index (χ0) is 22.3. The highest BCUT2D eigenvalue weighted by Gasteiger charge is 2.11. The van der Waals surface area contributed by atoms with Gasteiger partial charge in [0.25, 0.3) is 11.8 Å². The molecule has 0 aliphatic carbocycles. The van der Waals surface area contributed by atoms with Gasteiger partial charge < -0.3 is 0 Å². The number of hydrogen-bond donors (Lipinski definition) is 2. The summed E-state index contributed by atoms with van der Waals surface area (Å²) in [6, 6.07) is 20.5. The number of para-hydroxylation sites is 1. The number of amides is 2. The molecule has 0 fully saturated rings. The summed E-state index contributed by atoms with van der Waals surface area (Å²) >= 11 is 0. The number of pyridine rings is 1. The van der Waals surface area contributed by atoms with Crippen molar-refractivity contribution >= 4 is 17.9 Å². The molecule has 32 heavy (non-hydrogen) atoms. The lowest BCUT2D eigenvalue weighted by molar-refractivity contribution is -0.117. The first-order valence-electron chi connectivity index (χ1n) is 10.0. The molecule has 0 saturated heterocycles. The van der Waals surface area contributed by atoms with Crippen LogP contribution in [-0.4, -0.2) is 26.6 Å². The second kappa shape index (κ2) is 9.53. The summed E-state index contributed by atoms with van der Waals surface area (Å²) in [6.07, 6.45) is 8.25. The molecule has 0 atom stereocenters. The van der Waals surface area contributed by atoms with Crippen molar-refractivity contribution in [3.05, 3.63) is 108 Å². The molecule has 2 aromatic carbocycles. The number of carbonyl (C=O) groups is 2. The molecule has 4 rings (SSSR count). The molecule has 7 heteroatoms. The van der Waals surface area contributed by atoms with E-state index in [-0.39, 0.29) is 5.91 Å². The molecule has 158 valence electrons. The van der Waals surface area contributed by atoms with E-state index < -0.39 is 5.91 Å². The third-order valence-electron chi connectivity index (χ3n) is 4.73. The van der Waals surface area contributed by atoms with E-state index >= 15 is 0 Å². The quantitative estimate of drug-likeness (QED) is 0.378. The van der Waals surface area contributed by atoms with Crippen LogP contribution in [-0.2, 0) is 4.79 Å². The van der Waals surface area contributed by atoms with Gasteiger partial charge in [-0.15, -0.1) is 0 Å². The van der Waals surface area contributed by atoms with Gasteiger partial charge in [0.1, 0.15) is 5.69 Å². The summed E-state index contributed by atoms with van der Waals surface area (Å²) in [5.41, 5.74) is 9.47. The van der Waals surface area contributed by atoms with Crippen LogP contribution in [0.15, 0.2) is 91.4 Å². The number of aryl methyl sites for hydroxylation is 1. The van der Waals surface area contributed by atoms with Gasteiger partial charge in [-0.05, 0) is 49.4 Å². The van der Waals surface area contributed by atoms with Gasteiger partial charge in [-0.3, -0.25) is 25.4 Å². The van der Waals surface area contributed by atoms with E-state index in [1.165, 1.54) is 6.08 Å². The summed E-state index contributed by atoms with van der Waals surface area (Å²) in [6.45, 7) is 1.94. The van der Waals surface area contributed by atoms with Crippen LogP contribution in [0.4, 0.5) is 0 Å². The highest BCUT2D eigenvalue weighted by Crippen LogP contribution is 2.24. The van der Waals surface area contributed by atoms with Gasteiger partial charge in [-0.1, -0.05) is 35.9 Å². The Morgan fingerprint density at radius 2 is 1.72 bits per heavy atom. The molecular weight excluding hydrogens is 402 g/mol. The van der Waals surface area contributed by atoms with Crippen molar-refractivity contribution in [3.63, 3.8) is 0 Å². The third-order valence-corrected chi connectivity index (χ3v) is 4.73. The molecule has 0 spiro atoms. The second-order valence-corrected chi connectivity index (χ2v) is 7.10. The van der Waals surface area contributed by atoms with Crippen molar-refractivity contribution in [1.82, 2.24) is 25.6 Å². The minimum atomic E-state index is -0.463. The van der Waals surface area contributed by atoms with Crippen LogP contribution in [0.25, 0.3) is 23.0 Å². The zero-order valence-corrected chi connectivity index (χ0v) is 17.4. The monoisotopic (exact) mass is 423 g/mol. The Hall–Kier alpha value is -4.52. The van der Waals surface area contributed by atoms with Gasteiger partial charge in [0.15, 0.2) is 0 Å². The minimum absolute atomic E-state index is 0.389. The number of carbonyl (C=O) groups excluding carboxylic acids is 2.